The normalized spacial score (nSPS) is 10.2. The molecule has 2 aromatic rings. The van der Waals surface area contributed by atoms with E-state index < -0.39 is 5.97 Å². The van der Waals surface area contributed by atoms with Gasteiger partial charge in [0.2, 0.25) is 0 Å². The van der Waals surface area contributed by atoms with Gasteiger partial charge in [-0.25, -0.2) is 0 Å². The number of nitrogens with one attached hydrogen (secondary N) is 1. The van der Waals surface area contributed by atoms with Crippen LogP contribution < -0.4 is 15.2 Å². The number of carboxylic acids is 1. The third-order valence-electron chi connectivity index (χ3n) is 3.60. The van der Waals surface area contributed by atoms with Crippen molar-refractivity contribution in [3.63, 3.8) is 0 Å². The van der Waals surface area contributed by atoms with E-state index in [-0.39, 0.29) is 18.1 Å². The van der Waals surface area contributed by atoms with Crippen molar-refractivity contribution in [2.24, 2.45) is 0 Å². The maximum absolute atomic E-state index is 12.0. The average Bonchev–Trinajstić information content (AvgIpc) is 2.51. The first kappa shape index (κ1) is 16.5. The zero-order valence-electron chi connectivity index (χ0n) is 13.3. The van der Waals surface area contributed by atoms with Gasteiger partial charge < -0.3 is 20.0 Å². The molecule has 2 rings (SSSR count). The highest BCUT2D eigenvalue weighted by Crippen LogP contribution is 2.25. The summed E-state index contributed by atoms with van der Waals surface area (Å²) in [6, 6.07) is 9.84. The van der Waals surface area contributed by atoms with Crippen LogP contribution in [-0.4, -0.2) is 18.5 Å². The average molecular weight is 312 g/mol. The van der Waals surface area contributed by atoms with Crippen LogP contribution in [-0.2, 0) is 4.79 Å². The van der Waals surface area contributed by atoms with Crippen LogP contribution in [0.1, 0.15) is 27.0 Å². The summed E-state index contributed by atoms with van der Waals surface area (Å²) in [5, 5.41) is 13.4. The standard InChI is InChI=1S/C18H19NO4/c1-11-7-8-12(2)17(13(11)3)23-10-16(20)19-15-6-4-5-14(9-15)18(21)22/h4-9H,10H2,1-3H3,(H,19,20)(H,21,22)/p-1. The number of carbonyl (C=O) groups excluding carboxylic acids is 2. The van der Waals surface area contributed by atoms with E-state index in [0.29, 0.717) is 11.4 Å². The van der Waals surface area contributed by atoms with E-state index in [1.165, 1.54) is 18.2 Å². The van der Waals surface area contributed by atoms with Crippen LogP contribution in [0.25, 0.3) is 0 Å². The number of carbonyl (C=O) groups is 2. The second-order valence-electron chi connectivity index (χ2n) is 5.36. The van der Waals surface area contributed by atoms with Crippen LogP contribution in [0.3, 0.4) is 0 Å². The Balaban J connectivity index is 2.02. The molecule has 1 N–H and O–H groups in total. The maximum atomic E-state index is 12.0. The number of hydrogen-bond acceptors (Lipinski definition) is 4. The lowest BCUT2D eigenvalue weighted by Crippen LogP contribution is -2.23. The Morgan fingerprint density at radius 3 is 2.48 bits per heavy atom. The van der Waals surface area contributed by atoms with Crippen molar-refractivity contribution < 1.29 is 19.4 Å². The number of amides is 1. The van der Waals surface area contributed by atoms with E-state index in [1.54, 1.807) is 6.07 Å². The molecule has 0 saturated carbocycles. The molecule has 0 fully saturated rings. The Labute approximate surface area is 134 Å². The Kier molecular flexibility index (Phi) is 5.01. The highest BCUT2D eigenvalue weighted by molar-refractivity contribution is 5.94. The minimum Gasteiger partial charge on any atom is -0.545 e. The highest BCUT2D eigenvalue weighted by atomic mass is 16.5. The van der Waals surface area contributed by atoms with E-state index in [4.69, 9.17) is 4.74 Å². The summed E-state index contributed by atoms with van der Waals surface area (Å²) in [5.74, 6) is -0.951. The van der Waals surface area contributed by atoms with E-state index >= 15 is 0 Å². The van der Waals surface area contributed by atoms with Crippen LogP contribution in [0.4, 0.5) is 5.69 Å². The molecule has 0 bridgehead atoms. The van der Waals surface area contributed by atoms with Gasteiger partial charge in [-0.2, -0.15) is 0 Å². The Morgan fingerprint density at radius 2 is 1.78 bits per heavy atom. The van der Waals surface area contributed by atoms with E-state index in [2.05, 4.69) is 5.32 Å². The number of aryl methyl sites for hydroxylation is 2. The van der Waals surface area contributed by atoms with E-state index in [1.807, 2.05) is 32.9 Å². The molecule has 0 aliphatic carbocycles. The van der Waals surface area contributed by atoms with Gasteiger partial charge in [0.25, 0.3) is 5.91 Å². The molecule has 0 aliphatic heterocycles. The van der Waals surface area contributed by atoms with Crippen LogP contribution in [0.15, 0.2) is 36.4 Å². The minimum atomic E-state index is -1.29. The van der Waals surface area contributed by atoms with Crippen molar-refractivity contribution >= 4 is 17.6 Å². The molecule has 2 aromatic carbocycles. The monoisotopic (exact) mass is 312 g/mol. The number of anilines is 1. The molecular weight excluding hydrogens is 294 g/mol. The molecule has 0 aromatic heterocycles. The molecular formula is C18H18NO4-. The fourth-order valence-electron chi connectivity index (χ4n) is 2.21. The lowest BCUT2D eigenvalue weighted by molar-refractivity contribution is -0.255. The van der Waals surface area contributed by atoms with Gasteiger partial charge in [0, 0.05) is 5.69 Å². The summed E-state index contributed by atoms with van der Waals surface area (Å²) in [6.45, 7) is 5.69. The Bertz CT molecular complexity index is 753. The number of hydrogen-bond donors (Lipinski definition) is 1. The molecule has 23 heavy (non-hydrogen) atoms. The topological polar surface area (TPSA) is 78.5 Å². The largest absolute Gasteiger partial charge is 0.545 e. The molecule has 0 heterocycles. The molecule has 0 saturated heterocycles. The van der Waals surface area contributed by atoms with Gasteiger partial charge in [-0.05, 0) is 55.2 Å². The van der Waals surface area contributed by atoms with Gasteiger partial charge in [-0.1, -0.05) is 24.3 Å². The molecule has 5 heteroatoms. The number of benzene rings is 2. The lowest BCUT2D eigenvalue weighted by atomic mass is 10.1. The third-order valence-corrected chi connectivity index (χ3v) is 3.60. The fraction of sp³-hybridized carbons (Fsp3) is 0.222. The fourth-order valence-corrected chi connectivity index (χ4v) is 2.21. The Morgan fingerprint density at radius 1 is 1.09 bits per heavy atom. The summed E-state index contributed by atoms with van der Waals surface area (Å²) >= 11 is 0. The summed E-state index contributed by atoms with van der Waals surface area (Å²) in [6.07, 6.45) is 0. The van der Waals surface area contributed by atoms with Crippen LogP contribution >= 0.6 is 0 Å². The van der Waals surface area contributed by atoms with Gasteiger partial charge >= 0.3 is 0 Å². The maximum Gasteiger partial charge on any atom is 0.262 e. The predicted molar refractivity (Wildman–Crippen MR) is 85.6 cm³/mol. The Hall–Kier alpha value is -2.82. The van der Waals surface area contributed by atoms with Crippen molar-refractivity contribution in [3.8, 4) is 5.75 Å². The number of aromatic carboxylic acids is 1. The molecule has 0 spiro atoms. The van der Waals surface area contributed by atoms with Gasteiger partial charge in [0.1, 0.15) is 5.75 Å². The van der Waals surface area contributed by atoms with Crippen molar-refractivity contribution in [1.82, 2.24) is 0 Å². The zero-order valence-corrected chi connectivity index (χ0v) is 13.3. The molecule has 0 aliphatic rings. The summed E-state index contributed by atoms with van der Waals surface area (Å²) in [5.41, 5.74) is 3.44. The zero-order chi connectivity index (χ0) is 17.0. The van der Waals surface area contributed by atoms with E-state index in [9.17, 15) is 14.7 Å². The number of ether oxygens (including phenoxy) is 1. The van der Waals surface area contributed by atoms with Gasteiger partial charge in [0.15, 0.2) is 6.61 Å². The van der Waals surface area contributed by atoms with Crippen molar-refractivity contribution in [2.75, 3.05) is 11.9 Å². The quantitative estimate of drug-likeness (QED) is 0.916. The first-order valence-corrected chi connectivity index (χ1v) is 7.19. The summed E-state index contributed by atoms with van der Waals surface area (Å²) in [7, 11) is 0. The van der Waals surface area contributed by atoms with Crippen molar-refractivity contribution in [3.05, 3.63) is 58.7 Å². The van der Waals surface area contributed by atoms with Crippen molar-refractivity contribution in [1.29, 1.82) is 0 Å². The molecule has 0 unspecified atom stereocenters. The molecule has 120 valence electrons. The van der Waals surface area contributed by atoms with Crippen LogP contribution in [0, 0.1) is 20.8 Å². The highest BCUT2D eigenvalue weighted by Gasteiger charge is 2.09. The number of carboxylic acid groups (broad SMARTS) is 1. The SMILES string of the molecule is Cc1ccc(C)c(OCC(=O)Nc2cccc(C(=O)[O-])c2)c1C. The lowest BCUT2D eigenvalue weighted by Gasteiger charge is -2.14. The van der Waals surface area contributed by atoms with Crippen LogP contribution in [0.5, 0.6) is 5.75 Å². The summed E-state index contributed by atoms with van der Waals surface area (Å²) in [4.78, 5) is 22.8. The van der Waals surface area contributed by atoms with Crippen molar-refractivity contribution in [2.45, 2.75) is 20.8 Å². The van der Waals surface area contributed by atoms with Gasteiger partial charge in [-0.15, -0.1) is 0 Å². The van der Waals surface area contributed by atoms with Gasteiger partial charge in [-0.3, -0.25) is 4.79 Å². The molecule has 5 nitrogen and oxygen atoms in total. The summed E-state index contributed by atoms with van der Waals surface area (Å²) < 4.78 is 5.62. The minimum absolute atomic E-state index is 0.00842. The molecule has 1 amide bonds. The smallest absolute Gasteiger partial charge is 0.262 e. The van der Waals surface area contributed by atoms with Crippen LogP contribution in [0.2, 0.25) is 0 Å². The second kappa shape index (κ2) is 6.96. The molecule has 0 radical (unpaired) electrons. The van der Waals surface area contributed by atoms with E-state index in [0.717, 1.165) is 16.7 Å². The molecule has 0 atom stereocenters. The third kappa shape index (κ3) is 4.10. The van der Waals surface area contributed by atoms with Gasteiger partial charge in [0.05, 0.1) is 5.97 Å². The number of rotatable bonds is 5. The predicted octanol–water partition coefficient (Wildman–Crippen LogP) is 1.99. The first-order valence-electron chi connectivity index (χ1n) is 7.19. The second-order valence-corrected chi connectivity index (χ2v) is 5.36. The first-order chi connectivity index (χ1) is 10.9.